The lowest BCUT2D eigenvalue weighted by Crippen LogP contribution is -2.47. The van der Waals surface area contributed by atoms with Gasteiger partial charge in [-0.25, -0.2) is 0 Å². The lowest BCUT2D eigenvalue weighted by molar-refractivity contribution is 0.185. The first-order valence-electron chi connectivity index (χ1n) is 9.15. The van der Waals surface area contributed by atoms with Gasteiger partial charge in [-0.1, -0.05) is 31.2 Å². The number of piperidine rings is 1. The van der Waals surface area contributed by atoms with Gasteiger partial charge in [0.15, 0.2) is 5.96 Å². The molecular weight excluding hydrogens is 423 g/mol. The molecule has 142 valence electrons. The van der Waals surface area contributed by atoms with E-state index in [1.807, 2.05) is 7.05 Å². The Hall–Kier alpha value is -0.820. The smallest absolute Gasteiger partial charge is 0.191 e. The maximum absolute atomic E-state index is 4.28. The summed E-state index contributed by atoms with van der Waals surface area (Å²) >= 11 is 0. The minimum Gasteiger partial charge on any atom is -0.352 e. The third-order valence-electron chi connectivity index (χ3n) is 4.48. The summed E-state index contributed by atoms with van der Waals surface area (Å²) in [6.07, 6.45) is 2.67. The van der Waals surface area contributed by atoms with Crippen molar-refractivity contribution in [1.82, 2.24) is 15.5 Å². The molecule has 0 bridgehead atoms. The summed E-state index contributed by atoms with van der Waals surface area (Å²) in [5.41, 5.74) is 2.70. The van der Waals surface area contributed by atoms with Crippen LogP contribution >= 0.6 is 24.0 Å². The Morgan fingerprint density at radius 3 is 2.20 bits per heavy atom. The van der Waals surface area contributed by atoms with Gasteiger partial charge in [0.2, 0.25) is 0 Å². The van der Waals surface area contributed by atoms with Gasteiger partial charge in [0.1, 0.15) is 0 Å². The Balaban J connectivity index is 0.00000312. The fraction of sp³-hybridized carbons (Fsp3) is 0.650. The molecule has 0 aromatic heterocycles. The van der Waals surface area contributed by atoms with Crippen LogP contribution in [-0.4, -0.2) is 36.5 Å². The molecule has 1 aliphatic rings. The number of hydrogen-bond donors (Lipinski definition) is 2. The van der Waals surface area contributed by atoms with E-state index >= 15 is 0 Å². The van der Waals surface area contributed by atoms with Crippen molar-refractivity contribution in [3.8, 4) is 0 Å². The molecule has 1 heterocycles. The van der Waals surface area contributed by atoms with Crippen LogP contribution in [0.4, 0.5) is 0 Å². The zero-order valence-electron chi connectivity index (χ0n) is 16.4. The van der Waals surface area contributed by atoms with Gasteiger partial charge in [0.05, 0.1) is 0 Å². The van der Waals surface area contributed by atoms with Gasteiger partial charge in [-0.15, -0.1) is 24.0 Å². The summed E-state index contributed by atoms with van der Waals surface area (Å²) in [6, 6.07) is 8.96. The highest BCUT2D eigenvalue weighted by atomic mass is 127. The molecule has 0 unspecified atom stereocenters. The maximum atomic E-state index is 4.28. The molecule has 0 saturated carbocycles. The average molecular weight is 458 g/mol. The van der Waals surface area contributed by atoms with Crippen molar-refractivity contribution in [1.29, 1.82) is 0 Å². The number of guanidine groups is 1. The van der Waals surface area contributed by atoms with Crippen LogP contribution in [0.25, 0.3) is 0 Å². The van der Waals surface area contributed by atoms with Gasteiger partial charge in [-0.3, -0.25) is 9.89 Å². The minimum absolute atomic E-state index is 0. The Morgan fingerprint density at radius 1 is 1.12 bits per heavy atom. The van der Waals surface area contributed by atoms with Crippen molar-refractivity contribution in [2.24, 2.45) is 10.9 Å². The molecule has 0 aliphatic carbocycles. The zero-order chi connectivity index (χ0) is 17.6. The van der Waals surface area contributed by atoms with Crippen LogP contribution in [0.1, 0.15) is 51.7 Å². The zero-order valence-corrected chi connectivity index (χ0v) is 18.8. The number of nitrogens with zero attached hydrogens (tertiary/aromatic N) is 2. The summed E-state index contributed by atoms with van der Waals surface area (Å²) in [7, 11) is 1.81. The number of rotatable bonds is 4. The highest BCUT2D eigenvalue weighted by Gasteiger charge is 2.15. The lowest BCUT2D eigenvalue weighted by atomic mass is 9.99. The minimum atomic E-state index is 0. The fourth-order valence-corrected chi connectivity index (χ4v) is 2.96. The van der Waals surface area contributed by atoms with Gasteiger partial charge in [0, 0.05) is 25.7 Å². The van der Waals surface area contributed by atoms with Gasteiger partial charge in [0.25, 0.3) is 0 Å². The van der Waals surface area contributed by atoms with Crippen molar-refractivity contribution >= 4 is 29.9 Å². The maximum Gasteiger partial charge on any atom is 0.191 e. The van der Waals surface area contributed by atoms with E-state index in [4.69, 9.17) is 0 Å². The molecule has 1 fully saturated rings. The van der Waals surface area contributed by atoms with E-state index in [0.717, 1.165) is 25.0 Å². The van der Waals surface area contributed by atoms with Crippen LogP contribution in [0.5, 0.6) is 0 Å². The second-order valence-corrected chi connectivity index (χ2v) is 8.08. The van der Waals surface area contributed by atoms with Crippen LogP contribution in [-0.2, 0) is 13.1 Å². The van der Waals surface area contributed by atoms with E-state index in [1.54, 1.807) is 0 Å². The lowest BCUT2D eigenvalue weighted by Gasteiger charge is -2.30. The average Bonchev–Trinajstić information content (AvgIpc) is 2.54. The third kappa shape index (κ3) is 8.40. The molecule has 2 N–H and O–H groups in total. The van der Waals surface area contributed by atoms with Crippen LogP contribution in [0.3, 0.4) is 0 Å². The predicted molar refractivity (Wildman–Crippen MR) is 119 cm³/mol. The quantitative estimate of drug-likeness (QED) is 0.407. The Labute approximate surface area is 170 Å². The van der Waals surface area contributed by atoms with E-state index in [9.17, 15) is 0 Å². The van der Waals surface area contributed by atoms with Crippen LogP contribution < -0.4 is 10.6 Å². The SMILES string of the molecule is CN=C(NCc1ccc(CN2CCC(C)CC2)cc1)NC(C)(C)C.I. The molecule has 4 nitrogen and oxygen atoms in total. The summed E-state index contributed by atoms with van der Waals surface area (Å²) in [4.78, 5) is 6.85. The van der Waals surface area contributed by atoms with Crippen molar-refractivity contribution in [2.45, 2.75) is 59.2 Å². The van der Waals surface area contributed by atoms with Crippen LogP contribution in [0.2, 0.25) is 0 Å². The highest BCUT2D eigenvalue weighted by molar-refractivity contribution is 14.0. The molecule has 0 spiro atoms. The predicted octanol–water partition coefficient (Wildman–Crippen LogP) is 4.00. The monoisotopic (exact) mass is 458 g/mol. The second kappa shape index (κ2) is 10.4. The topological polar surface area (TPSA) is 39.7 Å². The number of aliphatic imine (C=N–C) groups is 1. The third-order valence-corrected chi connectivity index (χ3v) is 4.48. The van der Waals surface area contributed by atoms with Crippen LogP contribution in [0.15, 0.2) is 29.3 Å². The molecule has 0 amide bonds. The first-order valence-corrected chi connectivity index (χ1v) is 9.15. The summed E-state index contributed by atoms with van der Waals surface area (Å²) in [6.45, 7) is 13.1. The molecule has 2 rings (SSSR count). The van der Waals surface area contributed by atoms with Crippen molar-refractivity contribution in [3.05, 3.63) is 35.4 Å². The van der Waals surface area contributed by atoms with E-state index in [0.29, 0.717) is 0 Å². The first kappa shape index (κ1) is 22.2. The van der Waals surface area contributed by atoms with Gasteiger partial charge in [-0.05, 0) is 63.7 Å². The van der Waals surface area contributed by atoms with E-state index < -0.39 is 0 Å². The van der Waals surface area contributed by atoms with E-state index in [2.05, 4.69) is 72.5 Å². The Bertz CT molecular complexity index is 526. The Kier molecular flexibility index (Phi) is 9.21. The number of hydrogen-bond acceptors (Lipinski definition) is 2. The van der Waals surface area contributed by atoms with E-state index in [-0.39, 0.29) is 29.5 Å². The summed E-state index contributed by atoms with van der Waals surface area (Å²) in [5.74, 6) is 1.74. The van der Waals surface area contributed by atoms with Crippen LogP contribution in [0, 0.1) is 5.92 Å². The normalized spacial score (nSPS) is 17.1. The number of benzene rings is 1. The molecule has 0 atom stereocenters. The Morgan fingerprint density at radius 2 is 1.68 bits per heavy atom. The molecular formula is C20H35IN4. The molecule has 1 aliphatic heterocycles. The van der Waals surface area contributed by atoms with Crippen molar-refractivity contribution < 1.29 is 0 Å². The van der Waals surface area contributed by atoms with E-state index in [1.165, 1.54) is 37.1 Å². The van der Waals surface area contributed by atoms with Crippen molar-refractivity contribution in [3.63, 3.8) is 0 Å². The summed E-state index contributed by atoms with van der Waals surface area (Å²) < 4.78 is 0. The highest BCUT2D eigenvalue weighted by Crippen LogP contribution is 2.18. The second-order valence-electron chi connectivity index (χ2n) is 8.08. The number of nitrogens with one attached hydrogen (secondary N) is 2. The number of likely N-dealkylation sites (tertiary alicyclic amines) is 1. The van der Waals surface area contributed by atoms with Gasteiger partial charge >= 0.3 is 0 Å². The fourth-order valence-electron chi connectivity index (χ4n) is 2.96. The molecule has 25 heavy (non-hydrogen) atoms. The van der Waals surface area contributed by atoms with Gasteiger partial charge < -0.3 is 10.6 Å². The number of halogens is 1. The molecule has 5 heteroatoms. The molecule has 1 aromatic carbocycles. The molecule has 1 saturated heterocycles. The molecule has 0 radical (unpaired) electrons. The molecule has 1 aromatic rings. The summed E-state index contributed by atoms with van der Waals surface area (Å²) in [5, 5.41) is 6.75. The van der Waals surface area contributed by atoms with Gasteiger partial charge in [-0.2, -0.15) is 0 Å². The largest absolute Gasteiger partial charge is 0.352 e. The first-order chi connectivity index (χ1) is 11.4. The standard InChI is InChI=1S/C20H34N4.HI/c1-16-10-12-24(13-11-16)15-18-8-6-17(7-9-18)14-22-19(21-5)23-20(2,3)4;/h6-9,16H,10-15H2,1-5H3,(H2,21,22,23);1H. The van der Waals surface area contributed by atoms with Crippen molar-refractivity contribution in [2.75, 3.05) is 20.1 Å².